The molecule has 0 aliphatic heterocycles. The largest absolute Gasteiger partial charge is 0.369 e. The van der Waals surface area contributed by atoms with Crippen LogP contribution in [0, 0.1) is 11.3 Å². The van der Waals surface area contributed by atoms with Crippen LogP contribution >= 0.6 is 0 Å². The second-order valence-electron chi connectivity index (χ2n) is 4.37. The molecule has 0 fully saturated rings. The molecule has 1 aromatic heterocycles. The average molecular weight is 235 g/mol. The van der Waals surface area contributed by atoms with Gasteiger partial charge in [0.1, 0.15) is 11.9 Å². The number of hydrogen-bond donors (Lipinski definition) is 1. The summed E-state index contributed by atoms with van der Waals surface area (Å²) in [5.41, 5.74) is 5.27. The Morgan fingerprint density at radius 2 is 2.17 bits per heavy atom. The minimum Gasteiger partial charge on any atom is -0.369 e. The zero-order chi connectivity index (χ0) is 12.5. The number of hydrogen-bond acceptors (Lipinski definition) is 3. The number of rotatable bonds is 2. The van der Waals surface area contributed by atoms with Gasteiger partial charge in [0.05, 0.1) is 11.3 Å². The lowest BCUT2D eigenvalue weighted by Gasteiger charge is -2.08. The summed E-state index contributed by atoms with van der Waals surface area (Å²) in [6.07, 6.45) is 0.875. The molecule has 0 bridgehead atoms. The van der Waals surface area contributed by atoms with Gasteiger partial charge < -0.3 is 5.32 Å². The molecule has 1 aliphatic rings. The van der Waals surface area contributed by atoms with Crippen molar-refractivity contribution in [3.63, 3.8) is 0 Å². The highest BCUT2D eigenvalue weighted by atomic mass is 15.0. The summed E-state index contributed by atoms with van der Waals surface area (Å²) in [6, 6.07) is 12.5. The number of aromatic nitrogens is 1. The predicted molar refractivity (Wildman–Crippen MR) is 71.4 cm³/mol. The van der Waals surface area contributed by atoms with E-state index in [1.807, 2.05) is 25.1 Å². The van der Waals surface area contributed by atoms with Gasteiger partial charge in [-0.1, -0.05) is 24.3 Å². The minimum absolute atomic E-state index is 0.628. The number of benzene rings is 1. The van der Waals surface area contributed by atoms with E-state index in [0.29, 0.717) is 11.4 Å². The van der Waals surface area contributed by atoms with Crippen LogP contribution in [-0.4, -0.2) is 11.5 Å². The number of nitrogens with zero attached hydrogens (tertiary/aromatic N) is 2. The molecule has 0 amide bonds. The zero-order valence-electron chi connectivity index (χ0n) is 10.2. The van der Waals surface area contributed by atoms with Crippen LogP contribution in [0.25, 0.3) is 11.3 Å². The van der Waals surface area contributed by atoms with Crippen LogP contribution in [0.3, 0.4) is 0 Å². The Bertz CT molecular complexity index is 653. The van der Waals surface area contributed by atoms with E-state index in [1.165, 1.54) is 11.1 Å². The second kappa shape index (κ2) is 4.15. The van der Waals surface area contributed by atoms with E-state index in [9.17, 15) is 0 Å². The van der Waals surface area contributed by atoms with Gasteiger partial charge in [0.25, 0.3) is 0 Å². The highest BCUT2D eigenvalue weighted by molar-refractivity contribution is 5.76. The van der Waals surface area contributed by atoms with Gasteiger partial charge in [-0.05, 0) is 24.1 Å². The maximum absolute atomic E-state index is 9.16. The van der Waals surface area contributed by atoms with Gasteiger partial charge >= 0.3 is 0 Å². The van der Waals surface area contributed by atoms with E-state index in [4.69, 9.17) is 5.26 Å². The summed E-state index contributed by atoms with van der Waals surface area (Å²) in [4.78, 5) is 4.62. The molecule has 88 valence electrons. The van der Waals surface area contributed by atoms with E-state index < -0.39 is 0 Å². The number of nitriles is 1. The van der Waals surface area contributed by atoms with Gasteiger partial charge in [-0.2, -0.15) is 5.26 Å². The molecule has 1 aromatic carbocycles. The van der Waals surface area contributed by atoms with Gasteiger partial charge in [-0.15, -0.1) is 0 Å². The third-order valence-corrected chi connectivity index (χ3v) is 3.22. The first kappa shape index (κ1) is 10.8. The molecule has 0 radical (unpaired) electrons. The molecule has 1 N–H and O–H groups in total. The molecule has 1 aliphatic carbocycles. The molecule has 0 atom stereocenters. The Labute approximate surface area is 106 Å². The van der Waals surface area contributed by atoms with Crippen LogP contribution in [0.15, 0.2) is 30.3 Å². The number of anilines is 1. The van der Waals surface area contributed by atoms with Crippen LogP contribution in [0.5, 0.6) is 0 Å². The van der Waals surface area contributed by atoms with Crippen molar-refractivity contribution in [3.05, 3.63) is 47.0 Å². The highest BCUT2D eigenvalue weighted by Crippen LogP contribution is 2.36. The molecule has 0 spiro atoms. The maximum atomic E-state index is 9.16. The molecular formula is C15H13N3. The molecular weight excluding hydrogens is 222 g/mol. The van der Waals surface area contributed by atoms with E-state index in [-0.39, 0.29) is 0 Å². The number of nitrogens with one attached hydrogen (secondary N) is 1. The number of pyridine rings is 1. The van der Waals surface area contributed by atoms with Gasteiger partial charge in [0.15, 0.2) is 0 Å². The molecule has 0 saturated carbocycles. The zero-order valence-corrected chi connectivity index (χ0v) is 10.2. The lowest BCUT2D eigenvalue weighted by Crippen LogP contribution is -2.03. The fourth-order valence-electron chi connectivity index (χ4n) is 2.42. The first-order chi connectivity index (χ1) is 8.83. The molecule has 0 unspecified atom stereocenters. The van der Waals surface area contributed by atoms with Crippen molar-refractivity contribution in [2.45, 2.75) is 13.3 Å². The molecule has 2 aromatic rings. The molecule has 0 saturated heterocycles. The first-order valence-electron chi connectivity index (χ1n) is 6.09. The van der Waals surface area contributed by atoms with Crippen molar-refractivity contribution in [2.24, 2.45) is 0 Å². The van der Waals surface area contributed by atoms with Gasteiger partial charge in [-0.25, -0.2) is 4.98 Å². The maximum Gasteiger partial charge on any atom is 0.144 e. The van der Waals surface area contributed by atoms with Gasteiger partial charge in [0.2, 0.25) is 0 Å². The summed E-state index contributed by atoms with van der Waals surface area (Å²) >= 11 is 0. The van der Waals surface area contributed by atoms with Crippen molar-refractivity contribution < 1.29 is 0 Å². The van der Waals surface area contributed by atoms with E-state index >= 15 is 0 Å². The molecule has 1 heterocycles. The lowest BCUT2D eigenvalue weighted by molar-refractivity contribution is 1.14. The standard InChI is InChI=1S/C15H13N3/c1-2-17-15-12(9-16)8-11-7-10-5-3-4-6-13(10)14(11)18-15/h3-6,8H,2,7H2,1H3,(H,17,18). The third-order valence-electron chi connectivity index (χ3n) is 3.22. The Morgan fingerprint density at radius 3 is 2.94 bits per heavy atom. The van der Waals surface area contributed by atoms with Crippen molar-refractivity contribution in [2.75, 3.05) is 11.9 Å². The van der Waals surface area contributed by atoms with Gasteiger partial charge in [0, 0.05) is 18.5 Å². The fourth-order valence-corrected chi connectivity index (χ4v) is 2.42. The molecule has 3 heteroatoms. The average Bonchev–Trinajstić information content (AvgIpc) is 2.76. The summed E-state index contributed by atoms with van der Waals surface area (Å²) in [5.74, 6) is 0.690. The Balaban J connectivity index is 2.18. The normalized spacial score (nSPS) is 11.6. The van der Waals surface area contributed by atoms with Crippen LogP contribution < -0.4 is 5.32 Å². The van der Waals surface area contributed by atoms with Crippen molar-refractivity contribution in [1.82, 2.24) is 4.98 Å². The van der Waals surface area contributed by atoms with Crippen LogP contribution in [0.4, 0.5) is 5.82 Å². The van der Waals surface area contributed by atoms with Crippen LogP contribution in [0.1, 0.15) is 23.6 Å². The van der Waals surface area contributed by atoms with Crippen LogP contribution in [-0.2, 0) is 6.42 Å². The number of fused-ring (bicyclic) bond motifs is 3. The van der Waals surface area contributed by atoms with Gasteiger partial charge in [-0.3, -0.25) is 0 Å². The monoisotopic (exact) mass is 235 g/mol. The first-order valence-corrected chi connectivity index (χ1v) is 6.09. The SMILES string of the molecule is CCNc1nc2c(cc1C#N)Cc1ccccc1-2. The predicted octanol–water partition coefficient (Wildman–Crippen LogP) is 2.96. The van der Waals surface area contributed by atoms with E-state index in [0.717, 1.165) is 24.2 Å². The minimum atomic E-state index is 0.628. The molecule has 3 rings (SSSR count). The topological polar surface area (TPSA) is 48.7 Å². The van der Waals surface area contributed by atoms with Crippen LogP contribution in [0.2, 0.25) is 0 Å². The van der Waals surface area contributed by atoms with E-state index in [1.54, 1.807) is 0 Å². The summed E-state index contributed by atoms with van der Waals surface area (Å²) < 4.78 is 0. The Kier molecular flexibility index (Phi) is 2.49. The quantitative estimate of drug-likeness (QED) is 0.743. The Morgan fingerprint density at radius 1 is 1.33 bits per heavy atom. The van der Waals surface area contributed by atoms with Crippen molar-refractivity contribution in [1.29, 1.82) is 5.26 Å². The third kappa shape index (κ3) is 1.54. The van der Waals surface area contributed by atoms with E-state index in [2.05, 4.69) is 28.5 Å². The fraction of sp³-hybridized carbons (Fsp3) is 0.200. The van der Waals surface area contributed by atoms with Crippen molar-refractivity contribution in [3.8, 4) is 17.3 Å². The smallest absolute Gasteiger partial charge is 0.144 e. The summed E-state index contributed by atoms with van der Waals surface area (Å²) in [5, 5.41) is 12.3. The highest BCUT2D eigenvalue weighted by Gasteiger charge is 2.21. The van der Waals surface area contributed by atoms with Crippen molar-refractivity contribution >= 4 is 5.82 Å². The Hall–Kier alpha value is -2.34. The second-order valence-corrected chi connectivity index (χ2v) is 4.37. The summed E-state index contributed by atoms with van der Waals surface area (Å²) in [6.45, 7) is 2.77. The molecule has 18 heavy (non-hydrogen) atoms. The lowest BCUT2D eigenvalue weighted by atomic mass is 10.1. The summed E-state index contributed by atoms with van der Waals surface area (Å²) in [7, 11) is 0. The molecule has 3 nitrogen and oxygen atoms in total.